The van der Waals surface area contributed by atoms with E-state index >= 15 is 0 Å². The number of carboxylic acids is 1. The van der Waals surface area contributed by atoms with E-state index in [1.165, 1.54) is 7.11 Å². The minimum Gasteiger partial charge on any atom is -0.481 e. The van der Waals surface area contributed by atoms with Crippen LogP contribution >= 0.6 is 0 Å². The first-order valence-corrected chi connectivity index (χ1v) is 13.6. The van der Waals surface area contributed by atoms with Gasteiger partial charge < -0.3 is 24.3 Å². The summed E-state index contributed by atoms with van der Waals surface area (Å²) in [6.07, 6.45) is 8.51. The summed E-state index contributed by atoms with van der Waals surface area (Å²) in [7, 11) is 1.53. The molecular formula is C29H38N2O7. The maximum Gasteiger partial charge on any atom is 0.329 e. The van der Waals surface area contributed by atoms with Gasteiger partial charge in [-0.3, -0.25) is 9.59 Å². The van der Waals surface area contributed by atoms with Crippen LogP contribution < -0.4 is 5.32 Å². The fraction of sp³-hybridized carbons (Fsp3) is 0.586. The first-order valence-electron chi connectivity index (χ1n) is 13.6. The first kappa shape index (κ1) is 27.8. The standard InChI is InChI=1S/C29H38N2O7/c1-36-16-13-21(26(32)33)18-29(14-7-8-15-29)28(35)31-23(27(34)37-22-11-5-6-12-22)17-25-30-19-24(38-25)20-9-3-2-4-10-20/h2-4,9-10,19,21-23H,5-8,11-18H2,1H3,(H,31,35)(H,32,33)/t21-,23+/m1/s1. The van der Waals surface area contributed by atoms with Gasteiger partial charge in [0.05, 0.1) is 24.0 Å². The maximum absolute atomic E-state index is 13.8. The molecule has 2 aliphatic rings. The van der Waals surface area contributed by atoms with Crippen molar-refractivity contribution in [1.82, 2.24) is 10.3 Å². The van der Waals surface area contributed by atoms with Crippen molar-refractivity contribution in [2.24, 2.45) is 11.3 Å². The second kappa shape index (κ2) is 13.0. The number of aromatic nitrogens is 1. The van der Waals surface area contributed by atoms with Gasteiger partial charge in [-0.1, -0.05) is 43.2 Å². The number of ether oxygens (including phenoxy) is 2. The van der Waals surface area contributed by atoms with Gasteiger partial charge in [-0.2, -0.15) is 0 Å². The second-order valence-corrected chi connectivity index (χ2v) is 10.6. The summed E-state index contributed by atoms with van der Waals surface area (Å²) in [5.74, 6) is -1.56. The summed E-state index contributed by atoms with van der Waals surface area (Å²) in [5, 5.41) is 12.7. The molecule has 2 fully saturated rings. The molecule has 0 unspecified atom stereocenters. The Bertz CT molecular complexity index is 1070. The average molecular weight is 527 g/mol. The lowest BCUT2D eigenvalue weighted by atomic mass is 9.75. The Morgan fingerprint density at radius 2 is 1.84 bits per heavy atom. The van der Waals surface area contributed by atoms with Gasteiger partial charge in [0.2, 0.25) is 5.91 Å². The number of nitrogens with zero attached hydrogens (tertiary/aromatic N) is 1. The fourth-order valence-corrected chi connectivity index (χ4v) is 5.69. The Kier molecular flexibility index (Phi) is 9.55. The van der Waals surface area contributed by atoms with Crippen LogP contribution in [0.3, 0.4) is 0 Å². The van der Waals surface area contributed by atoms with Crippen LogP contribution in [0.15, 0.2) is 40.9 Å². The highest BCUT2D eigenvalue weighted by Crippen LogP contribution is 2.44. The van der Waals surface area contributed by atoms with Crippen LogP contribution in [0.2, 0.25) is 0 Å². The molecule has 4 rings (SSSR count). The van der Waals surface area contributed by atoms with Crippen LogP contribution in [0.1, 0.15) is 70.1 Å². The van der Waals surface area contributed by atoms with E-state index in [4.69, 9.17) is 13.9 Å². The highest BCUT2D eigenvalue weighted by molar-refractivity contribution is 5.89. The molecule has 2 saturated carbocycles. The minimum atomic E-state index is -0.981. The van der Waals surface area contributed by atoms with E-state index < -0.39 is 29.3 Å². The molecule has 38 heavy (non-hydrogen) atoms. The Balaban J connectivity index is 1.52. The molecule has 2 N–H and O–H groups in total. The zero-order valence-electron chi connectivity index (χ0n) is 22.0. The van der Waals surface area contributed by atoms with Crippen molar-refractivity contribution in [3.8, 4) is 11.3 Å². The average Bonchev–Trinajstić information content (AvgIpc) is 3.69. The Morgan fingerprint density at radius 3 is 2.50 bits per heavy atom. The van der Waals surface area contributed by atoms with Crippen LogP contribution in [0.4, 0.5) is 0 Å². The summed E-state index contributed by atoms with van der Waals surface area (Å²) < 4.78 is 16.8. The predicted molar refractivity (Wildman–Crippen MR) is 139 cm³/mol. The third kappa shape index (κ3) is 7.01. The zero-order valence-corrected chi connectivity index (χ0v) is 22.0. The third-order valence-corrected chi connectivity index (χ3v) is 7.86. The number of carbonyl (C=O) groups is 3. The molecule has 2 aliphatic carbocycles. The number of oxazole rings is 1. The molecule has 0 radical (unpaired) electrons. The van der Waals surface area contributed by atoms with Gasteiger partial charge in [0.15, 0.2) is 11.7 Å². The summed E-state index contributed by atoms with van der Waals surface area (Å²) in [4.78, 5) is 43.4. The molecule has 2 aromatic rings. The van der Waals surface area contributed by atoms with Crippen molar-refractivity contribution in [2.45, 2.75) is 82.8 Å². The summed E-state index contributed by atoms with van der Waals surface area (Å²) >= 11 is 0. The smallest absolute Gasteiger partial charge is 0.329 e. The van der Waals surface area contributed by atoms with Crippen LogP contribution in [0, 0.1) is 11.3 Å². The molecule has 0 spiro atoms. The van der Waals surface area contributed by atoms with Gasteiger partial charge in [0, 0.05) is 19.3 Å². The van der Waals surface area contributed by atoms with Crippen LogP contribution in [-0.2, 0) is 30.3 Å². The second-order valence-electron chi connectivity index (χ2n) is 10.6. The normalized spacial score (nSPS) is 18.7. The monoisotopic (exact) mass is 526 g/mol. The first-order chi connectivity index (χ1) is 18.4. The number of amides is 1. The van der Waals surface area contributed by atoms with E-state index in [0.29, 0.717) is 37.5 Å². The third-order valence-electron chi connectivity index (χ3n) is 7.86. The fourth-order valence-electron chi connectivity index (χ4n) is 5.69. The molecule has 0 bridgehead atoms. The highest BCUT2D eigenvalue weighted by Gasteiger charge is 2.45. The lowest BCUT2D eigenvalue weighted by Crippen LogP contribution is -2.50. The van der Waals surface area contributed by atoms with Crippen molar-refractivity contribution in [1.29, 1.82) is 0 Å². The van der Waals surface area contributed by atoms with E-state index in [0.717, 1.165) is 44.1 Å². The topological polar surface area (TPSA) is 128 Å². The predicted octanol–water partition coefficient (Wildman–Crippen LogP) is 4.54. The minimum absolute atomic E-state index is 0.0479. The van der Waals surface area contributed by atoms with E-state index in [9.17, 15) is 19.5 Å². The van der Waals surface area contributed by atoms with Crippen molar-refractivity contribution in [3.63, 3.8) is 0 Å². The number of rotatable bonds is 13. The lowest BCUT2D eigenvalue weighted by molar-refractivity contribution is -0.154. The molecule has 206 valence electrons. The number of benzene rings is 1. The van der Waals surface area contributed by atoms with Gasteiger partial charge in [0.1, 0.15) is 12.1 Å². The number of esters is 1. The lowest BCUT2D eigenvalue weighted by Gasteiger charge is -2.32. The Morgan fingerprint density at radius 1 is 1.13 bits per heavy atom. The van der Waals surface area contributed by atoms with Gasteiger partial charge >= 0.3 is 11.9 Å². The molecule has 9 nitrogen and oxygen atoms in total. The molecular weight excluding hydrogens is 488 g/mol. The van der Waals surface area contributed by atoms with Crippen LogP contribution in [0.25, 0.3) is 11.3 Å². The van der Waals surface area contributed by atoms with E-state index in [-0.39, 0.29) is 24.9 Å². The summed E-state index contributed by atoms with van der Waals surface area (Å²) in [6.45, 7) is 0.304. The molecule has 0 aliphatic heterocycles. The molecule has 2 atom stereocenters. The molecule has 1 heterocycles. The quantitative estimate of drug-likeness (QED) is 0.364. The van der Waals surface area contributed by atoms with Gasteiger partial charge in [-0.05, 0) is 51.4 Å². The van der Waals surface area contributed by atoms with E-state index in [2.05, 4.69) is 10.3 Å². The Labute approximate surface area is 223 Å². The van der Waals surface area contributed by atoms with Crippen molar-refractivity contribution >= 4 is 17.8 Å². The SMILES string of the molecule is COCC[C@H](CC1(C(=O)N[C@@H](Cc2ncc(-c3ccccc3)o2)C(=O)OC2CCCC2)CCCC1)C(=O)O. The molecule has 9 heteroatoms. The number of hydrogen-bond donors (Lipinski definition) is 2. The van der Waals surface area contributed by atoms with Gasteiger partial charge in [-0.25, -0.2) is 9.78 Å². The Hall–Kier alpha value is -3.20. The largest absolute Gasteiger partial charge is 0.481 e. The number of carboxylic acid groups (broad SMARTS) is 1. The molecule has 1 amide bonds. The maximum atomic E-state index is 13.8. The molecule has 1 aromatic heterocycles. The number of carbonyl (C=O) groups excluding carboxylic acids is 2. The number of methoxy groups -OCH3 is 1. The van der Waals surface area contributed by atoms with E-state index in [1.807, 2.05) is 30.3 Å². The summed E-state index contributed by atoms with van der Waals surface area (Å²) in [6, 6.07) is 8.54. The zero-order chi connectivity index (χ0) is 27.0. The number of hydrogen-bond acceptors (Lipinski definition) is 7. The van der Waals surface area contributed by atoms with Gasteiger partial charge in [0.25, 0.3) is 0 Å². The number of nitrogens with one attached hydrogen (secondary N) is 1. The summed E-state index contributed by atoms with van der Waals surface area (Å²) in [5.41, 5.74) is 0.00938. The van der Waals surface area contributed by atoms with Crippen LogP contribution in [0.5, 0.6) is 0 Å². The van der Waals surface area contributed by atoms with Crippen molar-refractivity contribution < 1.29 is 33.4 Å². The van der Waals surface area contributed by atoms with E-state index in [1.54, 1.807) is 6.20 Å². The number of aliphatic carboxylic acids is 1. The van der Waals surface area contributed by atoms with Gasteiger partial charge in [-0.15, -0.1) is 0 Å². The van der Waals surface area contributed by atoms with Crippen molar-refractivity contribution in [2.75, 3.05) is 13.7 Å². The molecule has 0 saturated heterocycles. The van der Waals surface area contributed by atoms with Crippen LogP contribution in [-0.4, -0.2) is 53.8 Å². The highest BCUT2D eigenvalue weighted by atomic mass is 16.5. The van der Waals surface area contributed by atoms with Crippen molar-refractivity contribution in [3.05, 3.63) is 42.4 Å². The molecule has 1 aromatic carbocycles.